The Labute approximate surface area is 218 Å². The summed E-state index contributed by atoms with van der Waals surface area (Å²) < 4.78 is 17.4. The molecule has 3 heterocycles. The summed E-state index contributed by atoms with van der Waals surface area (Å²) in [6.45, 7) is 5.26. The van der Waals surface area contributed by atoms with E-state index in [1.807, 2.05) is 0 Å². The van der Waals surface area contributed by atoms with Gasteiger partial charge in [-0.05, 0) is 41.8 Å². The predicted octanol–water partition coefficient (Wildman–Crippen LogP) is 2.32. The molecule has 4 fully saturated rings. The van der Waals surface area contributed by atoms with Crippen LogP contribution in [0.2, 0.25) is 0 Å². The number of phenols is 1. The number of aromatic hydroxyl groups is 1. The molecule has 6 rings (SSSR count). The van der Waals surface area contributed by atoms with Crippen molar-refractivity contribution in [2.75, 3.05) is 4.90 Å². The molecule has 10 heteroatoms. The Kier molecular flexibility index (Phi) is 4.86. The highest BCUT2D eigenvalue weighted by molar-refractivity contribution is 6.07. The molecule has 0 radical (unpaired) electrons. The fourth-order valence-electron chi connectivity index (χ4n) is 7.14. The first-order valence-corrected chi connectivity index (χ1v) is 12.4. The number of amides is 1. The number of ether oxygens (including phenoxy) is 3. The number of phenolic OH excluding ortho intramolecular Hbond substituents is 1. The van der Waals surface area contributed by atoms with Crippen LogP contribution in [0.4, 0.5) is 5.69 Å². The SMILES string of the molecule is CC(C)(C)[C@]1(O)C[C@@H]2OC(=O)C[C@@]23C(=O)O[C@@H]2N(c4ccc(O)cc4)C(=O)[C@H](OC(=O)c4ccccc4)[C@]213. The average molecular weight is 522 g/mol. The molecule has 2 aromatic rings. The van der Waals surface area contributed by atoms with E-state index in [9.17, 15) is 29.4 Å². The summed E-state index contributed by atoms with van der Waals surface area (Å²) in [6, 6.07) is 13.7. The summed E-state index contributed by atoms with van der Waals surface area (Å²) in [7, 11) is 0. The largest absolute Gasteiger partial charge is 0.508 e. The maximum absolute atomic E-state index is 14.3. The number of hydrogen-bond donors (Lipinski definition) is 2. The maximum Gasteiger partial charge on any atom is 0.338 e. The van der Waals surface area contributed by atoms with E-state index in [1.54, 1.807) is 39.0 Å². The summed E-state index contributed by atoms with van der Waals surface area (Å²) >= 11 is 0. The van der Waals surface area contributed by atoms with E-state index < -0.39 is 70.5 Å². The van der Waals surface area contributed by atoms with Crippen molar-refractivity contribution in [2.24, 2.45) is 16.2 Å². The van der Waals surface area contributed by atoms with Crippen LogP contribution in [0.5, 0.6) is 5.75 Å². The van der Waals surface area contributed by atoms with Gasteiger partial charge in [0.25, 0.3) is 5.91 Å². The van der Waals surface area contributed by atoms with E-state index in [0.717, 1.165) is 0 Å². The maximum atomic E-state index is 14.3. The number of aliphatic hydroxyl groups is 1. The van der Waals surface area contributed by atoms with Gasteiger partial charge in [-0.2, -0.15) is 0 Å². The van der Waals surface area contributed by atoms with Crippen LogP contribution in [-0.4, -0.2) is 58.1 Å². The van der Waals surface area contributed by atoms with Gasteiger partial charge in [0.1, 0.15) is 22.7 Å². The Morgan fingerprint density at radius 1 is 1.03 bits per heavy atom. The molecule has 6 atom stereocenters. The summed E-state index contributed by atoms with van der Waals surface area (Å²) in [6.07, 6.45) is -4.76. The monoisotopic (exact) mass is 521 g/mol. The average Bonchev–Trinajstić information content (AvgIpc) is 3.47. The first-order valence-electron chi connectivity index (χ1n) is 12.4. The van der Waals surface area contributed by atoms with E-state index in [4.69, 9.17) is 14.2 Å². The number of carbonyl (C=O) groups excluding carboxylic acids is 4. The molecule has 2 spiro atoms. The lowest BCUT2D eigenvalue weighted by Gasteiger charge is -2.51. The lowest BCUT2D eigenvalue weighted by Crippen LogP contribution is -2.66. The second-order valence-corrected chi connectivity index (χ2v) is 11.4. The number of benzene rings is 2. The number of hydrogen-bond acceptors (Lipinski definition) is 9. The van der Waals surface area contributed by atoms with Crippen LogP contribution in [0.15, 0.2) is 54.6 Å². The van der Waals surface area contributed by atoms with Gasteiger partial charge in [0.2, 0.25) is 0 Å². The van der Waals surface area contributed by atoms with Gasteiger partial charge >= 0.3 is 17.9 Å². The molecule has 198 valence electrons. The van der Waals surface area contributed by atoms with Crippen LogP contribution in [0.25, 0.3) is 0 Å². The van der Waals surface area contributed by atoms with E-state index in [1.165, 1.54) is 41.3 Å². The van der Waals surface area contributed by atoms with E-state index in [0.29, 0.717) is 0 Å². The van der Waals surface area contributed by atoms with Crippen molar-refractivity contribution in [3.8, 4) is 5.75 Å². The molecule has 2 aromatic carbocycles. The van der Waals surface area contributed by atoms with Crippen LogP contribution in [0.3, 0.4) is 0 Å². The van der Waals surface area contributed by atoms with Crippen molar-refractivity contribution in [1.29, 1.82) is 0 Å². The van der Waals surface area contributed by atoms with Crippen LogP contribution in [-0.2, 0) is 28.6 Å². The van der Waals surface area contributed by atoms with Crippen molar-refractivity contribution in [1.82, 2.24) is 0 Å². The van der Waals surface area contributed by atoms with Crippen LogP contribution in [0.1, 0.15) is 44.0 Å². The number of carbonyl (C=O) groups is 4. The molecule has 3 aliphatic heterocycles. The topological polar surface area (TPSA) is 140 Å². The van der Waals surface area contributed by atoms with Crippen molar-refractivity contribution in [3.05, 3.63) is 60.2 Å². The standard InChI is InChI=1S/C28H27NO9/c1-25(2,3)27(35)13-18-26(14-19(31)36-18)24(34)38-23-28(26,27)20(37-22(33)15-7-5-4-6-8-15)21(32)29(23)16-9-11-17(30)12-10-16/h4-12,18,20,23,30,35H,13-14H2,1-3H3/t18-,20-,23-,26-,27+,28+/m0/s1. The molecule has 0 aromatic heterocycles. The zero-order valence-electron chi connectivity index (χ0n) is 21.0. The molecule has 1 aliphatic carbocycles. The van der Waals surface area contributed by atoms with Crippen molar-refractivity contribution >= 4 is 29.5 Å². The highest BCUT2D eigenvalue weighted by Gasteiger charge is 2.93. The molecule has 2 N–H and O–H groups in total. The Balaban J connectivity index is 1.62. The minimum atomic E-state index is -1.88. The molecule has 1 saturated carbocycles. The molecular weight excluding hydrogens is 494 g/mol. The first kappa shape index (κ1) is 24.4. The second kappa shape index (κ2) is 7.57. The lowest BCUT2D eigenvalue weighted by molar-refractivity contribution is -0.204. The lowest BCUT2D eigenvalue weighted by atomic mass is 9.52. The zero-order valence-corrected chi connectivity index (χ0v) is 21.0. The summed E-state index contributed by atoms with van der Waals surface area (Å²) in [5.41, 5.74) is -6.06. The molecule has 0 bridgehead atoms. The molecule has 1 amide bonds. The highest BCUT2D eigenvalue weighted by atomic mass is 16.6. The summed E-state index contributed by atoms with van der Waals surface area (Å²) in [5, 5.41) is 22.4. The quantitative estimate of drug-likeness (QED) is 0.460. The van der Waals surface area contributed by atoms with E-state index in [-0.39, 0.29) is 23.4 Å². The fourth-order valence-corrected chi connectivity index (χ4v) is 7.14. The Bertz CT molecular complexity index is 1370. The minimum Gasteiger partial charge on any atom is -0.508 e. The van der Waals surface area contributed by atoms with Gasteiger partial charge in [-0.3, -0.25) is 19.3 Å². The Hall–Kier alpha value is -3.92. The third kappa shape index (κ3) is 2.70. The normalized spacial score (nSPS) is 35.4. The molecule has 0 unspecified atom stereocenters. The van der Waals surface area contributed by atoms with Crippen molar-refractivity contribution < 1.29 is 43.6 Å². The van der Waals surface area contributed by atoms with Crippen molar-refractivity contribution in [3.63, 3.8) is 0 Å². The Morgan fingerprint density at radius 2 is 1.68 bits per heavy atom. The van der Waals surface area contributed by atoms with Crippen LogP contribution < -0.4 is 4.90 Å². The third-order valence-electron chi connectivity index (χ3n) is 8.84. The smallest absolute Gasteiger partial charge is 0.338 e. The molecule has 10 nitrogen and oxygen atoms in total. The van der Waals surface area contributed by atoms with Gasteiger partial charge in [0.05, 0.1) is 17.6 Å². The fraction of sp³-hybridized carbons (Fsp3) is 0.429. The number of nitrogens with zero attached hydrogens (tertiary/aromatic N) is 1. The molecule has 4 aliphatic rings. The molecule has 38 heavy (non-hydrogen) atoms. The van der Waals surface area contributed by atoms with Crippen LogP contribution in [0, 0.1) is 16.2 Å². The van der Waals surface area contributed by atoms with Crippen molar-refractivity contribution in [2.45, 2.75) is 57.6 Å². The first-order chi connectivity index (χ1) is 17.9. The molecular formula is C28H27NO9. The number of rotatable bonds is 3. The molecule has 3 saturated heterocycles. The van der Waals surface area contributed by atoms with E-state index in [2.05, 4.69) is 0 Å². The minimum absolute atomic E-state index is 0.0519. The predicted molar refractivity (Wildman–Crippen MR) is 130 cm³/mol. The van der Waals surface area contributed by atoms with Gasteiger partial charge in [-0.15, -0.1) is 0 Å². The zero-order chi connectivity index (χ0) is 27.3. The highest BCUT2D eigenvalue weighted by Crippen LogP contribution is 2.76. The van der Waals surface area contributed by atoms with Gasteiger partial charge in [-0.1, -0.05) is 39.0 Å². The van der Waals surface area contributed by atoms with Gasteiger partial charge in [0, 0.05) is 12.1 Å². The van der Waals surface area contributed by atoms with Gasteiger partial charge in [0.15, 0.2) is 12.3 Å². The second-order valence-electron chi connectivity index (χ2n) is 11.4. The summed E-state index contributed by atoms with van der Waals surface area (Å²) in [5.74, 6) is -3.06. The van der Waals surface area contributed by atoms with Gasteiger partial charge < -0.3 is 24.4 Å². The van der Waals surface area contributed by atoms with E-state index >= 15 is 0 Å². The summed E-state index contributed by atoms with van der Waals surface area (Å²) in [4.78, 5) is 55.2. The van der Waals surface area contributed by atoms with Crippen LogP contribution >= 0.6 is 0 Å². The number of esters is 3. The number of anilines is 1. The van der Waals surface area contributed by atoms with Gasteiger partial charge in [-0.25, -0.2) is 4.79 Å². The Morgan fingerprint density at radius 3 is 2.32 bits per heavy atom. The third-order valence-corrected chi connectivity index (χ3v) is 8.84.